The van der Waals surface area contributed by atoms with Crippen LogP contribution in [-0.2, 0) is 0 Å². The Morgan fingerprint density at radius 2 is 1.93 bits per heavy atom. The van der Waals surface area contributed by atoms with Crippen molar-refractivity contribution in [1.29, 1.82) is 0 Å². The summed E-state index contributed by atoms with van der Waals surface area (Å²) in [4.78, 5) is 6.55. The third kappa shape index (κ3) is 2.11. The van der Waals surface area contributed by atoms with Crippen LogP contribution in [0.5, 0.6) is 0 Å². The van der Waals surface area contributed by atoms with E-state index in [1.165, 1.54) is 5.56 Å². The van der Waals surface area contributed by atoms with Gasteiger partial charge >= 0.3 is 0 Å². The number of nitrogens with zero attached hydrogens (tertiary/aromatic N) is 2. The van der Waals surface area contributed by atoms with Crippen molar-refractivity contribution in [3.8, 4) is 0 Å². The van der Waals surface area contributed by atoms with E-state index in [1.807, 2.05) is 12.4 Å². The summed E-state index contributed by atoms with van der Waals surface area (Å²) in [5, 5.41) is 3.37. The first-order valence-corrected chi connectivity index (χ1v) is 5.22. The quantitative estimate of drug-likeness (QED) is 0.757. The zero-order valence-corrected chi connectivity index (χ0v) is 8.61. The van der Waals surface area contributed by atoms with E-state index in [0.717, 1.165) is 26.2 Å². The van der Waals surface area contributed by atoms with Gasteiger partial charge in [0.05, 0.1) is 0 Å². The lowest BCUT2D eigenvalue weighted by molar-refractivity contribution is 0.185. The highest BCUT2D eigenvalue weighted by molar-refractivity contribution is 5.14. The molecule has 1 N–H and O–H groups in total. The van der Waals surface area contributed by atoms with Gasteiger partial charge < -0.3 is 5.32 Å². The molecule has 1 saturated heterocycles. The summed E-state index contributed by atoms with van der Waals surface area (Å²) in [6.45, 7) is 6.76. The molecule has 1 aliphatic rings. The zero-order valence-electron chi connectivity index (χ0n) is 8.61. The molecule has 1 atom stereocenters. The van der Waals surface area contributed by atoms with Crippen LogP contribution >= 0.6 is 0 Å². The Morgan fingerprint density at radius 1 is 1.29 bits per heavy atom. The molecule has 3 nitrogen and oxygen atoms in total. The summed E-state index contributed by atoms with van der Waals surface area (Å²) in [5.41, 5.74) is 1.36. The fraction of sp³-hybridized carbons (Fsp3) is 0.545. The molecular formula is C11H17N3. The van der Waals surface area contributed by atoms with Gasteiger partial charge in [0.15, 0.2) is 0 Å². The third-order valence-electron chi connectivity index (χ3n) is 2.89. The minimum atomic E-state index is 0.514. The molecule has 1 aliphatic heterocycles. The van der Waals surface area contributed by atoms with Gasteiger partial charge in [-0.15, -0.1) is 0 Å². The maximum absolute atomic E-state index is 4.04. The topological polar surface area (TPSA) is 28.2 Å². The molecule has 0 saturated carbocycles. The Hall–Kier alpha value is -0.930. The van der Waals surface area contributed by atoms with E-state index in [9.17, 15) is 0 Å². The van der Waals surface area contributed by atoms with Gasteiger partial charge in [0.25, 0.3) is 0 Å². The molecule has 0 amide bonds. The van der Waals surface area contributed by atoms with Crippen molar-refractivity contribution in [2.24, 2.45) is 0 Å². The van der Waals surface area contributed by atoms with E-state index in [1.54, 1.807) is 0 Å². The molecule has 14 heavy (non-hydrogen) atoms. The summed E-state index contributed by atoms with van der Waals surface area (Å²) in [6.07, 6.45) is 3.74. The van der Waals surface area contributed by atoms with Crippen LogP contribution in [0.2, 0.25) is 0 Å². The van der Waals surface area contributed by atoms with Crippen LogP contribution in [-0.4, -0.2) is 36.1 Å². The largest absolute Gasteiger partial charge is 0.314 e. The minimum absolute atomic E-state index is 0.514. The van der Waals surface area contributed by atoms with Gasteiger partial charge in [0.2, 0.25) is 0 Å². The Morgan fingerprint density at radius 3 is 2.57 bits per heavy atom. The predicted octanol–water partition coefficient (Wildman–Crippen LogP) is 1.05. The van der Waals surface area contributed by atoms with E-state index < -0.39 is 0 Å². The average molecular weight is 191 g/mol. The molecular weight excluding hydrogens is 174 g/mol. The zero-order chi connectivity index (χ0) is 9.80. The summed E-state index contributed by atoms with van der Waals surface area (Å²) in [5.74, 6) is 0. The van der Waals surface area contributed by atoms with Crippen molar-refractivity contribution >= 4 is 0 Å². The predicted molar refractivity (Wildman–Crippen MR) is 57.1 cm³/mol. The molecule has 76 valence electrons. The van der Waals surface area contributed by atoms with Crippen molar-refractivity contribution in [2.75, 3.05) is 26.2 Å². The molecule has 2 rings (SSSR count). The minimum Gasteiger partial charge on any atom is -0.314 e. The second-order valence-electron chi connectivity index (χ2n) is 3.74. The molecule has 0 aromatic carbocycles. The van der Waals surface area contributed by atoms with Crippen molar-refractivity contribution in [3.63, 3.8) is 0 Å². The Bertz CT molecular complexity index is 267. The van der Waals surface area contributed by atoms with Gasteiger partial charge in [0.1, 0.15) is 0 Å². The Labute approximate surface area is 85.1 Å². The van der Waals surface area contributed by atoms with E-state index in [4.69, 9.17) is 0 Å². The van der Waals surface area contributed by atoms with E-state index in [2.05, 4.69) is 34.3 Å². The molecule has 0 aliphatic carbocycles. The average Bonchev–Trinajstić information content (AvgIpc) is 2.30. The number of nitrogens with one attached hydrogen (secondary N) is 1. The van der Waals surface area contributed by atoms with Gasteiger partial charge in [-0.05, 0) is 24.6 Å². The lowest BCUT2D eigenvalue weighted by Crippen LogP contribution is -2.44. The standard InChI is InChI=1S/C11H17N3/c1-10(11-2-4-12-5-3-11)14-8-6-13-7-9-14/h2-5,10,13H,6-9H2,1H3/t10-/m0/s1. The van der Waals surface area contributed by atoms with Crippen LogP contribution in [0.4, 0.5) is 0 Å². The van der Waals surface area contributed by atoms with E-state index in [-0.39, 0.29) is 0 Å². The molecule has 3 heteroatoms. The smallest absolute Gasteiger partial charge is 0.0322 e. The van der Waals surface area contributed by atoms with Crippen molar-refractivity contribution < 1.29 is 0 Å². The van der Waals surface area contributed by atoms with E-state index in [0.29, 0.717) is 6.04 Å². The molecule has 1 aromatic heterocycles. The molecule has 0 spiro atoms. The fourth-order valence-electron chi connectivity index (χ4n) is 1.92. The summed E-state index contributed by atoms with van der Waals surface area (Å²) in [7, 11) is 0. The summed E-state index contributed by atoms with van der Waals surface area (Å²) >= 11 is 0. The highest BCUT2D eigenvalue weighted by atomic mass is 15.2. The summed E-state index contributed by atoms with van der Waals surface area (Å²) < 4.78 is 0. The first-order valence-electron chi connectivity index (χ1n) is 5.22. The fourth-order valence-corrected chi connectivity index (χ4v) is 1.92. The van der Waals surface area contributed by atoms with Gasteiger partial charge in [-0.25, -0.2) is 0 Å². The lowest BCUT2D eigenvalue weighted by Gasteiger charge is -2.32. The molecule has 1 fully saturated rings. The maximum atomic E-state index is 4.04. The number of rotatable bonds is 2. The first kappa shape index (κ1) is 9.62. The second kappa shape index (κ2) is 4.53. The van der Waals surface area contributed by atoms with Crippen molar-refractivity contribution in [2.45, 2.75) is 13.0 Å². The normalized spacial score (nSPS) is 20.6. The molecule has 0 unspecified atom stereocenters. The second-order valence-corrected chi connectivity index (χ2v) is 3.74. The lowest BCUT2D eigenvalue weighted by atomic mass is 10.1. The van der Waals surface area contributed by atoms with E-state index >= 15 is 0 Å². The summed E-state index contributed by atoms with van der Waals surface area (Å²) in [6, 6.07) is 4.72. The SMILES string of the molecule is C[C@@H](c1ccncc1)N1CCNCC1. The van der Waals surface area contributed by atoms with Gasteiger partial charge in [-0.3, -0.25) is 9.88 Å². The number of piperazine rings is 1. The van der Waals surface area contributed by atoms with Crippen LogP contribution in [0.25, 0.3) is 0 Å². The Kier molecular flexibility index (Phi) is 3.11. The van der Waals surface area contributed by atoms with Crippen LogP contribution < -0.4 is 5.32 Å². The molecule has 0 radical (unpaired) electrons. The van der Waals surface area contributed by atoms with Crippen molar-refractivity contribution in [1.82, 2.24) is 15.2 Å². The molecule has 0 bridgehead atoms. The van der Waals surface area contributed by atoms with Gasteiger partial charge in [-0.1, -0.05) is 0 Å². The highest BCUT2D eigenvalue weighted by Crippen LogP contribution is 2.18. The maximum Gasteiger partial charge on any atom is 0.0322 e. The van der Waals surface area contributed by atoms with Crippen LogP contribution in [0.15, 0.2) is 24.5 Å². The van der Waals surface area contributed by atoms with Crippen LogP contribution in [0, 0.1) is 0 Å². The van der Waals surface area contributed by atoms with Gasteiger partial charge in [0, 0.05) is 44.6 Å². The van der Waals surface area contributed by atoms with Crippen LogP contribution in [0.1, 0.15) is 18.5 Å². The number of pyridine rings is 1. The Balaban J connectivity index is 2.03. The monoisotopic (exact) mass is 191 g/mol. The van der Waals surface area contributed by atoms with Crippen LogP contribution in [0.3, 0.4) is 0 Å². The number of aromatic nitrogens is 1. The number of hydrogen-bond donors (Lipinski definition) is 1. The molecule has 1 aromatic rings. The van der Waals surface area contributed by atoms with Gasteiger partial charge in [-0.2, -0.15) is 0 Å². The third-order valence-corrected chi connectivity index (χ3v) is 2.89. The van der Waals surface area contributed by atoms with Crippen molar-refractivity contribution in [3.05, 3.63) is 30.1 Å². The highest BCUT2D eigenvalue weighted by Gasteiger charge is 2.17. The number of hydrogen-bond acceptors (Lipinski definition) is 3. The molecule has 2 heterocycles. The first-order chi connectivity index (χ1) is 6.88.